The highest BCUT2D eigenvalue weighted by atomic mass is 32.1. The molecule has 0 spiro atoms. The fourth-order valence-corrected chi connectivity index (χ4v) is 3.58. The highest BCUT2D eigenvalue weighted by Gasteiger charge is 2.32. The van der Waals surface area contributed by atoms with Gasteiger partial charge in [0.25, 0.3) is 0 Å². The lowest BCUT2D eigenvalue weighted by Gasteiger charge is -2.29. The first-order valence-electron chi connectivity index (χ1n) is 7.16. The minimum absolute atomic E-state index is 0.0995. The molecule has 0 unspecified atom stereocenters. The van der Waals surface area contributed by atoms with Crippen molar-refractivity contribution in [1.29, 1.82) is 0 Å². The molecule has 1 saturated carbocycles. The van der Waals surface area contributed by atoms with Crippen LogP contribution in [0, 0.1) is 0 Å². The molecule has 1 aliphatic carbocycles. The molecule has 112 valence electrons. The van der Waals surface area contributed by atoms with Crippen molar-refractivity contribution in [1.82, 2.24) is 9.80 Å². The maximum Gasteiger partial charge on any atom is 0.236 e. The van der Waals surface area contributed by atoms with E-state index in [1.54, 1.807) is 16.2 Å². The molecule has 20 heavy (non-hydrogen) atoms. The molecule has 1 aromatic heterocycles. The Bertz CT molecular complexity index is 427. The van der Waals surface area contributed by atoms with Crippen LogP contribution in [0.5, 0.6) is 0 Å². The lowest BCUT2D eigenvalue weighted by atomic mass is 10.0. The van der Waals surface area contributed by atoms with Crippen molar-refractivity contribution in [2.24, 2.45) is 0 Å². The normalized spacial score (nSPS) is 17.6. The van der Waals surface area contributed by atoms with E-state index < -0.39 is 5.60 Å². The van der Waals surface area contributed by atoms with Crippen molar-refractivity contribution in [3.05, 3.63) is 22.4 Å². The Balaban J connectivity index is 1.78. The molecular formula is C15H24N2O2S. The lowest BCUT2D eigenvalue weighted by molar-refractivity contribution is -0.132. The number of hydrogen-bond donors (Lipinski definition) is 1. The van der Waals surface area contributed by atoms with Crippen LogP contribution in [0.1, 0.15) is 30.6 Å². The van der Waals surface area contributed by atoms with Crippen molar-refractivity contribution >= 4 is 17.2 Å². The maximum absolute atomic E-state index is 12.2. The SMILES string of the molecule is CN(CC(=O)N(C)Cc1cccs1)CC1(O)CCCC1. The molecule has 4 nitrogen and oxygen atoms in total. The van der Waals surface area contributed by atoms with Gasteiger partial charge < -0.3 is 10.0 Å². The summed E-state index contributed by atoms with van der Waals surface area (Å²) < 4.78 is 0. The van der Waals surface area contributed by atoms with Crippen molar-refractivity contribution in [2.75, 3.05) is 27.2 Å². The number of carbonyl (C=O) groups excluding carboxylic acids is 1. The van der Waals surface area contributed by atoms with E-state index in [4.69, 9.17) is 0 Å². The summed E-state index contributed by atoms with van der Waals surface area (Å²) in [5.41, 5.74) is -0.582. The van der Waals surface area contributed by atoms with E-state index >= 15 is 0 Å². The number of rotatable bonds is 6. The second-order valence-electron chi connectivity index (χ2n) is 5.93. The van der Waals surface area contributed by atoms with Gasteiger partial charge in [0.1, 0.15) is 0 Å². The van der Waals surface area contributed by atoms with Crippen molar-refractivity contribution < 1.29 is 9.90 Å². The van der Waals surface area contributed by atoms with Crippen LogP contribution in [0.2, 0.25) is 0 Å². The van der Waals surface area contributed by atoms with Crippen molar-refractivity contribution in [2.45, 2.75) is 37.8 Å². The molecule has 0 aliphatic heterocycles. The Morgan fingerprint density at radius 2 is 2.10 bits per heavy atom. The summed E-state index contributed by atoms with van der Waals surface area (Å²) in [5, 5.41) is 12.4. The van der Waals surface area contributed by atoms with Crippen LogP contribution >= 0.6 is 11.3 Å². The molecule has 0 radical (unpaired) electrons. The van der Waals surface area contributed by atoms with Crippen LogP contribution in [0.4, 0.5) is 0 Å². The fraction of sp³-hybridized carbons (Fsp3) is 0.667. The Morgan fingerprint density at radius 1 is 1.40 bits per heavy atom. The fourth-order valence-electron chi connectivity index (χ4n) is 2.83. The van der Waals surface area contributed by atoms with Gasteiger partial charge in [-0.05, 0) is 31.3 Å². The standard InChI is InChI=1S/C15H24N2O2S/c1-16(12-15(19)7-3-4-8-15)11-14(18)17(2)10-13-6-5-9-20-13/h5-6,9,19H,3-4,7-8,10-12H2,1-2H3. The molecule has 1 amide bonds. The number of likely N-dealkylation sites (N-methyl/N-ethyl adjacent to an activating group) is 2. The van der Waals surface area contributed by atoms with Crippen LogP contribution in [-0.2, 0) is 11.3 Å². The van der Waals surface area contributed by atoms with Crippen molar-refractivity contribution in [3.8, 4) is 0 Å². The number of nitrogens with zero attached hydrogens (tertiary/aromatic N) is 2. The highest BCUT2D eigenvalue weighted by molar-refractivity contribution is 7.09. The van der Waals surface area contributed by atoms with Gasteiger partial charge in [-0.15, -0.1) is 11.3 Å². The molecule has 1 aliphatic rings. The third-order valence-corrected chi connectivity index (χ3v) is 4.76. The zero-order chi connectivity index (χ0) is 14.6. The average Bonchev–Trinajstić information content (AvgIpc) is 3.00. The summed E-state index contributed by atoms with van der Waals surface area (Å²) in [7, 11) is 3.74. The second-order valence-corrected chi connectivity index (χ2v) is 6.97. The van der Waals surface area contributed by atoms with Gasteiger partial charge in [-0.3, -0.25) is 9.69 Å². The highest BCUT2D eigenvalue weighted by Crippen LogP contribution is 2.29. The van der Waals surface area contributed by atoms with E-state index in [9.17, 15) is 9.90 Å². The lowest BCUT2D eigenvalue weighted by Crippen LogP contribution is -2.43. The van der Waals surface area contributed by atoms with Crippen molar-refractivity contribution in [3.63, 3.8) is 0 Å². The zero-order valence-electron chi connectivity index (χ0n) is 12.3. The molecule has 0 atom stereocenters. The van der Waals surface area contributed by atoms with Gasteiger partial charge in [-0.25, -0.2) is 0 Å². The first kappa shape index (κ1) is 15.5. The van der Waals surface area contributed by atoms with Crippen LogP contribution in [-0.4, -0.2) is 53.6 Å². The number of amides is 1. The largest absolute Gasteiger partial charge is 0.389 e. The predicted molar refractivity (Wildman–Crippen MR) is 81.7 cm³/mol. The van der Waals surface area contributed by atoms with E-state index in [-0.39, 0.29) is 5.91 Å². The molecule has 1 fully saturated rings. The third kappa shape index (κ3) is 4.30. The molecular weight excluding hydrogens is 272 g/mol. The molecule has 5 heteroatoms. The van der Waals surface area contributed by atoms with Gasteiger partial charge in [-0.2, -0.15) is 0 Å². The topological polar surface area (TPSA) is 43.8 Å². The molecule has 0 aromatic carbocycles. The summed E-state index contributed by atoms with van der Waals surface area (Å²) in [5.74, 6) is 0.0995. The zero-order valence-corrected chi connectivity index (χ0v) is 13.2. The third-order valence-electron chi connectivity index (χ3n) is 3.90. The van der Waals surface area contributed by atoms with Crippen LogP contribution in [0.15, 0.2) is 17.5 Å². The number of thiophene rings is 1. The minimum atomic E-state index is -0.582. The molecule has 1 heterocycles. The van der Waals surface area contributed by atoms with Gasteiger partial charge in [0.15, 0.2) is 0 Å². The van der Waals surface area contributed by atoms with Gasteiger partial charge in [0, 0.05) is 18.5 Å². The Hall–Kier alpha value is -0.910. The Morgan fingerprint density at radius 3 is 2.70 bits per heavy atom. The van der Waals surface area contributed by atoms with E-state index in [1.807, 2.05) is 36.5 Å². The minimum Gasteiger partial charge on any atom is -0.389 e. The van der Waals surface area contributed by atoms with E-state index in [2.05, 4.69) is 0 Å². The maximum atomic E-state index is 12.2. The van der Waals surface area contributed by atoms with Crippen LogP contribution < -0.4 is 0 Å². The second kappa shape index (κ2) is 6.70. The first-order chi connectivity index (χ1) is 9.48. The molecule has 2 rings (SSSR count). The van der Waals surface area contributed by atoms with Gasteiger partial charge in [-0.1, -0.05) is 18.9 Å². The van der Waals surface area contributed by atoms with Crippen LogP contribution in [0.3, 0.4) is 0 Å². The Labute approximate surface area is 125 Å². The predicted octanol–water partition coefficient (Wildman–Crippen LogP) is 1.94. The Kier molecular flexibility index (Phi) is 5.18. The summed E-state index contributed by atoms with van der Waals surface area (Å²) >= 11 is 1.67. The van der Waals surface area contributed by atoms with E-state index in [1.165, 1.54) is 4.88 Å². The van der Waals surface area contributed by atoms with E-state index in [0.29, 0.717) is 19.6 Å². The summed E-state index contributed by atoms with van der Waals surface area (Å²) in [6, 6.07) is 4.04. The van der Waals surface area contributed by atoms with Gasteiger partial charge in [0.05, 0.1) is 18.7 Å². The summed E-state index contributed by atoms with van der Waals surface area (Å²) in [6.45, 7) is 1.62. The van der Waals surface area contributed by atoms with Gasteiger partial charge in [0.2, 0.25) is 5.91 Å². The number of carbonyl (C=O) groups is 1. The quantitative estimate of drug-likeness (QED) is 0.872. The summed E-state index contributed by atoms with van der Waals surface area (Å²) in [4.78, 5) is 17.1. The molecule has 0 saturated heterocycles. The number of aliphatic hydroxyl groups is 1. The molecule has 1 aromatic rings. The average molecular weight is 296 g/mol. The monoisotopic (exact) mass is 296 g/mol. The molecule has 1 N–H and O–H groups in total. The molecule has 0 bridgehead atoms. The summed E-state index contributed by atoms with van der Waals surface area (Å²) in [6.07, 6.45) is 3.90. The number of hydrogen-bond acceptors (Lipinski definition) is 4. The first-order valence-corrected chi connectivity index (χ1v) is 8.04. The van der Waals surface area contributed by atoms with Gasteiger partial charge >= 0.3 is 0 Å². The van der Waals surface area contributed by atoms with Crippen LogP contribution in [0.25, 0.3) is 0 Å². The van der Waals surface area contributed by atoms with E-state index in [0.717, 1.165) is 25.7 Å². The smallest absolute Gasteiger partial charge is 0.236 e.